The van der Waals surface area contributed by atoms with Crippen LogP contribution in [0.15, 0.2) is 16.7 Å². The molecule has 0 saturated heterocycles. The molecule has 0 aliphatic rings. The molecule has 1 N–H and O–H groups in total. The molecule has 0 fully saturated rings. The fourth-order valence-corrected chi connectivity index (χ4v) is 1.10. The van der Waals surface area contributed by atoms with Crippen molar-refractivity contribution in [3.63, 3.8) is 0 Å². The smallest absolute Gasteiger partial charge is 0.414 e. The number of hydrogen-bond donors (Lipinski definition) is 1. The molecule has 1 aromatic heterocycles. The molecule has 0 saturated carbocycles. The van der Waals surface area contributed by atoms with Crippen LogP contribution in [0.1, 0.15) is 18.2 Å². The SMILES string of the molecule is CNCc1coc(COC(C)C(F)(F)F)c1. The summed E-state index contributed by atoms with van der Waals surface area (Å²) in [6, 6.07) is 1.67. The highest BCUT2D eigenvalue weighted by Gasteiger charge is 2.36. The van der Waals surface area contributed by atoms with E-state index in [-0.39, 0.29) is 6.61 Å². The van der Waals surface area contributed by atoms with Crippen LogP contribution in [0.25, 0.3) is 0 Å². The van der Waals surface area contributed by atoms with E-state index in [0.29, 0.717) is 12.3 Å². The van der Waals surface area contributed by atoms with Gasteiger partial charge in [-0.1, -0.05) is 0 Å². The molecule has 0 bridgehead atoms. The highest BCUT2D eigenvalue weighted by Crippen LogP contribution is 2.23. The maximum absolute atomic E-state index is 12.1. The van der Waals surface area contributed by atoms with Crippen molar-refractivity contribution in [1.82, 2.24) is 5.32 Å². The summed E-state index contributed by atoms with van der Waals surface area (Å²) >= 11 is 0. The molecule has 1 atom stereocenters. The molecule has 0 aliphatic heterocycles. The Balaban J connectivity index is 2.42. The van der Waals surface area contributed by atoms with Crippen LogP contribution in [0.3, 0.4) is 0 Å². The second-order valence-electron chi connectivity index (χ2n) is 3.45. The summed E-state index contributed by atoms with van der Waals surface area (Å²) in [5.41, 5.74) is 0.876. The largest absolute Gasteiger partial charge is 0.467 e. The maximum atomic E-state index is 12.1. The number of alkyl halides is 3. The minimum atomic E-state index is -4.33. The number of hydrogen-bond acceptors (Lipinski definition) is 3. The summed E-state index contributed by atoms with van der Waals surface area (Å²) in [5.74, 6) is 0.390. The van der Waals surface area contributed by atoms with Crippen LogP contribution in [0.2, 0.25) is 0 Å². The molecule has 0 aromatic carbocycles. The van der Waals surface area contributed by atoms with Crippen LogP contribution in [0.4, 0.5) is 13.2 Å². The summed E-state index contributed by atoms with van der Waals surface area (Å²) < 4.78 is 46.0. The van der Waals surface area contributed by atoms with Crippen molar-refractivity contribution in [2.45, 2.75) is 32.4 Å². The van der Waals surface area contributed by atoms with Crippen molar-refractivity contribution in [3.8, 4) is 0 Å². The molecule has 0 amide bonds. The zero-order chi connectivity index (χ0) is 12.2. The van der Waals surface area contributed by atoms with E-state index in [2.05, 4.69) is 10.1 Å². The van der Waals surface area contributed by atoms with Crippen molar-refractivity contribution < 1.29 is 22.3 Å². The average molecular weight is 237 g/mol. The third-order valence-corrected chi connectivity index (χ3v) is 2.03. The Bertz CT molecular complexity index is 322. The second-order valence-corrected chi connectivity index (χ2v) is 3.45. The molecular weight excluding hydrogens is 223 g/mol. The minimum absolute atomic E-state index is 0.176. The van der Waals surface area contributed by atoms with Crippen LogP contribution in [0.5, 0.6) is 0 Å². The van der Waals surface area contributed by atoms with Crippen LogP contribution < -0.4 is 5.32 Å². The van der Waals surface area contributed by atoms with Crippen LogP contribution >= 0.6 is 0 Å². The fourth-order valence-electron chi connectivity index (χ4n) is 1.10. The number of furan rings is 1. The first-order chi connectivity index (χ1) is 7.43. The molecule has 1 aromatic rings. The monoisotopic (exact) mass is 237 g/mol. The fraction of sp³-hybridized carbons (Fsp3) is 0.600. The zero-order valence-electron chi connectivity index (χ0n) is 9.10. The molecule has 0 radical (unpaired) electrons. The predicted molar refractivity (Wildman–Crippen MR) is 51.8 cm³/mol. The van der Waals surface area contributed by atoms with Crippen molar-refractivity contribution in [2.24, 2.45) is 0 Å². The number of rotatable bonds is 5. The standard InChI is InChI=1S/C10H14F3NO2/c1-7(10(11,12)13)15-6-9-3-8(4-14-2)5-16-9/h3,5,7,14H,4,6H2,1-2H3. The zero-order valence-corrected chi connectivity index (χ0v) is 9.10. The molecule has 1 heterocycles. The Kier molecular flexibility index (Phi) is 4.37. The molecule has 1 unspecified atom stereocenters. The van der Waals surface area contributed by atoms with Crippen molar-refractivity contribution >= 4 is 0 Å². The highest BCUT2D eigenvalue weighted by molar-refractivity contribution is 5.11. The van der Waals surface area contributed by atoms with Gasteiger partial charge in [0.1, 0.15) is 12.4 Å². The van der Waals surface area contributed by atoms with Crippen molar-refractivity contribution in [3.05, 3.63) is 23.7 Å². The van der Waals surface area contributed by atoms with Crippen LogP contribution in [-0.4, -0.2) is 19.3 Å². The van der Waals surface area contributed by atoms with E-state index in [1.165, 1.54) is 6.26 Å². The Morgan fingerprint density at radius 2 is 2.19 bits per heavy atom. The Labute approximate surface area is 91.6 Å². The Morgan fingerprint density at radius 3 is 2.75 bits per heavy atom. The normalized spacial score (nSPS) is 14.1. The topological polar surface area (TPSA) is 34.4 Å². The predicted octanol–water partition coefficient (Wildman–Crippen LogP) is 2.47. The van der Waals surface area contributed by atoms with Crippen LogP contribution in [-0.2, 0) is 17.9 Å². The average Bonchev–Trinajstić information content (AvgIpc) is 2.61. The molecule has 0 spiro atoms. The van der Waals surface area contributed by atoms with Gasteiger partial charge in [0.2, 0.25) is 0 Å². The van der Waals surface area contributed by atoms with Crippen LogP contribution in [0, 0.1) is 0 Å². The van der Waals surface area contributed by atoms with Gasteiger partial charge in [0.15, 0.2) is 6.10 Å². The summed E-state index contributed by atoms with van der Waals surface area (Å²) in [6.07, 6.45) is -4.63. The van der Waals surface area contributed by atoms with E-state index in [0.717, 1.165) is 12.5 Å². The van der Waals surface area contributed by atoms with E-state index in [4.69, 9.17) is 4.42 Å². The van der Waals surface area contributed by atoms with Gasteiger partial charge in [-0.05, 0) is 20.0 Å². The second kappa shape index (κ2) is 5.36. The molecule has 0 aliphatic carbocycles. The molecule has 6 heteroatoms. The number of ether oxygens (including phenoxy) is 1. The lowest BCUT2D eigenvalue weighted by Gasteiger charge is -2.15. The molecule has 92 valence electrons. The van der Waals surface area contributed by atoms with Gasteiger partial charge in [0.05, 0.1) is 6.26 Å². The van der Waals surface area contributed by atoms with Gasteiger partial charge in [-0.3, -0.25) is 0 Å². The van der Waals surface area contributed by atoms with Gasteiger partial charge >= 0.3 is 6.18 Å². The van der Waals surface area contributed by atoms with Gasteiger partial charge < -0.3 is 14.5 Å². The lowest BCUT2D eigenvalue weighted by atomic mass is 10.3. The molecule has 16 heavy (non-hydrogen) atoms. The van der Waals surface area contributed by atoms with Gasteiger partial charge in [-0.25, -0.2) is 0 Å². The van der Waals surface area contributed by atoms with Gasteiger partial charge in [0, 0.05) is 12.1 Å². The Hall–Kier alpha value is -1.01. The van der Waals surface area contributed by atoms with Gasteiger partial charge in [-0.15, -0.1) is 0 Å². The van der Waals surface area contributed by atoms with Gasteiger partial charge in [-0.2, -0.15) is 13.2 Å². The van der Waals surface area contributed by atoms with Crippen molar-refractivity contribution in [2.75, 3.05) is 7.05 Å². The van der Waals surface area contributed by atoms with E-state index in [1.54, 1.807) is 13.1 Å². The number of halogens is 3. The van der Waals surface area contributed by atoms with E-state index < -0.39 is 12.3 Å². The highest BCUT2D eigenvalue weighted by atomic mass is 19.4. The third kappa shape index (κ3) is 3.86. The summed E-state index contributed by atoms with van der Waals surface area (Å²) in [4.78, 5) is 0. The first kappa shape index (κ1) is 13.1. The third-order valence-electron chi connectivity index (χ3n) is 2.03. The van der Waals surface area contributed by atoms with E-state index >= 15 is 0 Å². The van der Waals surface area contributed by atoms with Crippen molar-refractivity contribution in [1.29, 1.82) is 0 Å². The van der Waals surface area contributed by atoms with Gasteiger partial charge in [0.25, 0.3) is 0 Å². The quantitative estimate of drug-likeness (QED) is 0.854. The van der Waals surface area contributed by atoms with E-state index in [1.807, 2.05) is 0 Å². The molecule has 1 rings (SSSR count). The lowest BCUT2D eigenvalue weighted by molar-refractivity contribution is -0.218. The first-order valence-corrected chi connectivity index (χ1v) is 4.82. The maximum Gasteiger partial charge on any atom is 0.414 e. The summed E-state index contributed by atoms with van der Waals surface area (Å²) in [5, 5.41) is 2.91. The van der Waals surface area contributed by atoms with E-state index in [9.17, 15) is 13.2 Å². The minimum Gasteiger partial charge on any atom is -0.467 e. The summed E-state index contributed by atoms with van der Waals surface area (Å²) in [7, 11) is 1.77. The molecular formula is C10H14F3NO2. The molecule has 3 nitrogen and oxygen atoms in total. The first-order valence-electron chi connectivity index (χ1n) is 4.82. The summed E-state index contributed by atoms with van der Waals surface area (Å²) in [6.45, 7) is 1.40. The number of nitrogens with one attached hydrogen (secondary N) is 1. The Morgan fingerprint density at radius 1 is 1.50 bits per heavy atom. The lowest BCUT2D eigenvalue weighted by Crippen LogP contribution is -2.28.